The van der Waals surface area contributed by atoms with Gasteiger partial charge in [-0.1, -0.05) is 0 Å². The van der Waals surface area contributed by atoms with Crippen molar-refractivity contribution in [2.75, 3.05) is 13.7 Å². The molecular weight excluding hydrogens is 170 g/mol. The Kier molecular flexibility index (Phi) is 3.02. The molecule has 0 saturated carbocycles. The Morgan fingerprint density at radius 1 is 1.62 bits per heavy atom. The standard InChI is InChI=1S/C8H13N3O2/c1-5-7(12)10-6(3-4-9)11-8(5)13-2/h3-4,9H2,1-2H3,(H,10,11,12). The first-order valence-corrected chi connectivity index (χ1v) is 4.03. The van der Waals surface area contributed by atoms with E-state index in [9.17, 15) is 4.79 Å². The van der Waals surface area contributed by atoms with Gasteiger partial charge in [0.15, 0.2) is 0 Å². The molecule has 0 radical (unpaired) electrons. The van der Waals surface area contributed by atoms with Gasteiger partial charge in [-0.05, 0) is 13.5 Å². The minimum Gasteiger partial charge on any atom is -0.481 e. The van der Waals surface area contributed by atoms with Gasteiger partial charge in [0, 0.05) is 6.42 Å². The molecule has 0 atom stereocenters. The van der Waals surface area contributed by atoms with Gasteiger partial charge >= 0.3 is 0 Å². The molecule has 5 nitrogen and oxygen atoms in total. The molecule has 72 valence electrons. The fraction of sp³-hybridized carbons (Fsp3) is 0.500. The molecule has 1 heterocycles. The Hall–Kier alpha value is -1.36. The maximum Gasteiger partial charge on any atom is 0.257 e. The number of rotatable bonds is 3. The summed E-state index contributed by atoms with van der Waals surface area (Å²) in [6.45, 7) is 2.12. The first-order chi connectivity index (χ1) is 6.19. The number of ether oxygens (including phenoxy) is 1. The van der Waals surface area contributed by atoms with Crippen molar-refractivity contribution < 1.29 is 4.74 Å². The molecule has 1 rings (SSSR count). The van der Waals surface area contributed by atoms with E-state index >= 15 is 0 Å². The fourth-order valence-electron chi connectivity index (χ4n) is 1.01. The van der Waals surface area contributed by atoms with E-state index in [-0.39, 0.29) is 5.56 Å². The third-order valence-electron chi connectivity index (χ3n) is 1.73. The largest absolute Gasteiger partial charge is 0.481 e. The second-order valence-corrected chi connectivity index (χ2v) is 2.69. The predicted octanol–water partition coefficient (Wildman–Crippen LogP) is -0.412. The summed E-state index contributed by atoms with van der Waals surface area (Å²) in [6.07, 6.45) is 0.548. The van der Waals surface area contributed by atoms with Crippen LogP contribution in [0.4, 0.5) is 0 Å². The lowest BCUT2D eigenvalue weighted by Crippen LogP contribution is -2.18. The number of hydrogen-bond acceptors (Lipinski definition) is 4. The number of nitrogens with one attached hydrogen (secondary N) is 1. The van der Waals surface area contributed by atoms with Crippen molar-refractivity contribution in [1.82, 2.24) is 9.97 Å². The number of nitrogens with zero attached hydrogens (tertiary/aromatic N) is 1. The monoisotopic (exact) mass is 183 g/mol. The predicted molar refractivity (Wildman–Crippen MR) is 48.9 cm³/mol. The average molecular weight is 183 g/mol. The van der Waals surface area contributed by atoms with Crippen LogP contribution in [0.2, 0.25) is 0 Å². The van der Waals surface area contributed by atoms with E-state index in [1.54, 1.807) is 6.92 Å². The normalized spacial score (nSPS) is 10.1. The van der Waals surface area contributed by atoms with Crippen molar-refractivity contribution in [3.05, 3.63) is 21.7 Å². The summed E-state index contributed by atoms with van der Waals surface area (Å²) in [5.74, 6) is 0.933. The molecule has 0 amide bonds. The van der Waals surface area contributed by atoms with E-state index in [2.05, 4.69) is 9.97 Å². The van der Waals surface area contributed by atoms with E-state index < -0.39 is 0 Å². The lowest BCUT2D eigenvalue weighted by molar-refractivity contribution is 0.390. The number of H-pyrrole nitrogens is 1. The molecule has 0 saturated heterocycles. The van der Waals surface area contributed by atoms with Gasteiger partial charge in [-0.15, -0.1) is 0 Å². The molecule has 0 aliphatic heterocycles. The van der Waals surface area contributed by atoms with Crippen LogP contribution in [0.1, 0.15) is 11.4 Å². The fourth-order valence-corrected chi connectivity index (χ4v) is 1.01. The first-order valence-electron chi connectivity index (χ1n) is 4.03. The molecule has 1 aromatic heterocycles. The topological polar surface area (TPSA) is 81.0 Å². The van der Waals surface area contributed by atoms with Crippen LogP contribution in [0.5, 0.6) is 5.88 Å². The van der Waals surface area contributed by atoms with Crippen LogP contribution in [0, 0.1) is 6.92 Å². The Morgan fingerprint density at radius 3 is 2.85 bits per heavy atom. The maximum absolute atomic E-state index is 11.3. The minimum absolute atomic E-state index is 0.171. The maximum atomic E-state index is 11.3. The second kappa shape index (κ2) is 4.04. The molecule has 0 bridgehead atoms. The average Bonchev–Trinajstić information content (AvgIpc) is 2.11. The van der Waals surface area contributed by atoms with Gasteiger partial charge in [0.2, 0.25) is 5.88 Å². The lowest BCUT2D eigenvalue weighted by Gasteiger charge is -2.04. The highest BCUT2D eigenvalue weighted by molar-refractivity contribution is 5.21. The Bertz CT molecular complexity index is 346. The van der Waals surface area contributed by atoms with Crippen LogP contribution in [0.25, 0.3) is 0 Å². The van der Waals surface area contributed by atoms with Crippen LogP contribution in [-0.4, -0.2) is 23.6 Å². The summed E-state index contributed by atoms with van der Waals surface area (Å²) in [4.78, 5) is 18.0. The van der Waals surface area contributed by atoms with Crippen molar-refractivity contribution in [3.8, 4) is 5.88 Å². The van der Waals surface area contributed by atoms with Gasteiger partial charge in [0.25, 0.3) is 5.56 Å². The minimum atomic E-state index is -0.171. The number of hydrogen-bond donors (Lipinski definition) is 2. The zero-order valence-corrected chi connectivity index (χ0v) is 7.76. The van der Waals surface area contributed by atoms with E-state index in [0.29, 0.717) is 30.2 Å². The van der Waals surface area contributed by atoms with Crippen molar-refractivity contribution in [1.29, 1.82) is 0 Å². The number of methoxy groups -OCH3 is 1. The summed E-state index contributed by atoms with van der Waals surface area (Å²) in [5.41, 5.74) is 5.66. The Balaban J connectivity index is 3.14. The molecular formula is C8H13N3O2. The lowest BCUT2D eigenvalue weighted by atomic mass is 10.3. The highest BCUT2D eigenvalue weighted by Gasteiger charge is 2.06. The zero-order valence-electron chi connectivity index (χ0n) is 7.76. The van der Waals surface area contributed by atoms with Gasteiger partial charge in [-0.25, -0.2) is 0 Å². The summed E-state index contributed by atoms with van der Waals surface area (Å²) in [7, 11) is 1.49. The van der Waals surface area contributed by atoms with Crippen molar-refractivity contribution in [2.45, 2.75) is 13.3 Å². The van der Waals surface area contributed by atoms with Crippen LogP contribution >= 0.6 is 0 Å². The van der Waals surface area contributed by atoms with Crippen molar-refractivity contribution in [2.24, 2.45) is 5.73 Å². The van der Waals surface area contributed by atoms with Gasteiger partial charge in [-0.3, -0.25) is 4.79 Å². The van der Waals surface area contributed by atoms with Gasteiger partial charge in [0.1, 0.15) is 5.82 Å². The van der Waals surface area contributed by atoms with Crippen LogP contribution in [0.15, 0.2) is 4.79 Å². The third kappa shape index (κ3) is 2.06. The quantitative estimate of drug-likeness (QED) is 0.667. The molecule has 0 unspecified atom stereocenters. The molecule has 0 aliphatic carbocycles. The zero-order chi connectivity index (χ0) is 9.84. The van der Waals surface area contributed by atoms with Crippen LogP contribution in [0.3, 0.4) is 0 Å². The first kappa shape index (κ1) is 9.73. The van der Waals surface area contributed by atoms with Gasteiger partial charge in [0.05, 0.1) is 12.7 Å². The smallest absolute Gasteiger partial charge is 0.257 e. The summed E-state index contributed by atoms with van der Waals surface area (Å²) in [6, 6.07) is 0. The third-order valence-corrected chi connectivity index (χ3v) is 1.73. The molecule has 0 aliphatic rings. The highest BCUT2D eigenvalue weighted by Crippen LogP contribution is 2.07. The number of aromatic amines is 1. The molecule has 0 aromatic carbocycles. The van der Waals surface area contributed by atoms with E-state index in [1.807, 2.05) is 0 Å². The molecule has 3 N–H and O–H groups in total. The van der Waals surface area contributed by atoms with E-state index in [1.165, 1.54) is 7.11 Å². The van der Waals surface area contributed by atoms with E-state index in [4.69, 9.17) is 10.5 Å². The Morgan fingerprint density at radius 2 is 2.31 bits per heavy atom. The van der Waals surface area contributed by atoms with Crippen LogP contribution in [-0.2, 0) is 6.42 Å². The molecule has 0 spiro atoms. The molecule has 5 heteroatoms. The summed E-state index contributed by atoms with van der Waals surface area (Å²) >= 11 is 0. The van der Waals surface area contributed by atoms with Gasteiger partial charge in [-0.2, -0.15) is 4.98 Å². The summed E-state index contributed by atoms with van der Waals surface area (Å²) in [5, 5.41) is 0. The van der Waals surface area contributed by atoms with Crippen molar-refractivity contribution in [3.63, 3.8) is 0 Å². The molecule has 0 fully saturated rings. The van der Waals surface area contributed by atoms with Crippen LogP contribution < -0.4 is 16.0 Å². The van der Waals surface area contributed by atoms with Crippen molar-refractivity contribution >= 4 is 0 Å². The Labute approximate surface area is 75.9 Å². The number of nitrogens with two attached hydrogens (primary N) is 1. The van der Waals surface area contributed by atoms with E-state index in [0.717, 1.165) is 0 Å². The second-order valence-electron chi connectivity index (χ2n) is 2.69. The number of aromatic nitrogens is 2. The summed E-state index contributed by atoms with van der Waals surface area (Å²) < 4.78 is 4.94. The molecule has 1 aromatic rings. The molecule has 13 heavy (non-hydrogen) atoms. The SMILES string of the molecule is COc1nc(CCN)[nH]c(=O)c1C. The van der Waals surface area contributed by atoms with Gasteiger partial charge < -0.3 is 15.5 Å². The highest BCUT2D eigenvalue weighted by atomic mass is 16.5.